The van der Waals surface area contributed by atoms with Gasteiger partial charge >= 0.3 is 0 Å². The van der Waals surface area contributed by atoms with E-state index in [1.54, 1.807) is 6.33 Å². The van der Waals surface area contributed by atoms with Gasteiger partial charge in [0.1, 0.15) is 12.2 Å². The van der Waals surface area contributed by atoms with Crippen molar-refractivity contribution < 1.29 is 4.79 Å². The first-order valence-electron chi connectivity index (χ1n) is 7.34. The van der Waals surface area contributed by atoms with Gasteiger partial charge in [-0.25, -0.2) is 0 Å². The second-order valence-electron chi connectivity index (χ2n) is 6.05. The highest BCUT2D eigenvalue weighted by atomic mass is 16.2. The quantitative estimate of drug-likeness (QED) is 0.890. The molecule has 1 N–H and O–H groups in total. The van der Waals surface area contributed by atoms with Gasteiger partial charge in [-0.1, -0.05) is 6.92 Å². The Hall–Kier alpha value is -1.43. The number of rotatable bonds is 4. The SMILES string of the molecule is CCNC(C)(C)C(=O)N1CCCC(c2nncn2C)C1. The fourth-order valence-electron chi connectivity index (χ4n) is 2.95. The zero-order valence-corrected chi connectivity index (χ0v) is 12.9. The number of amides is 1. The Kier molecular flexibility index (Phi) is 4.42. The predicted molar refractivity (Wildman–Crippen MR) is 77.3 cm³/mol. The minimum atomic E-state index is -0.503. The summed E-state index contributed by atoms with van der Waals surface area (Å²) in [5.74, 6) is 1.44. The van der Waals surface area contributed by atoms with Crippen molar-refractivity contribution in [3.63, 3.8) is 0 Å². The molecule has 1 saturated heterocycles. The molecular formula is C14H25N5O. The minimum Gasteiger partial charge on any atom is -0.340 e. The molecule has 1 fully saturated rings. The van der Waals surface area contributed by atoms with Crippen molar-refractivity contribution in [1.29, 1.82) is 0 Å². The van der Waals surface area contributed by atoms with Crippen LogP contribution in [0.3, 0.4) is 0 Å². The van der Waals surface area contributed by atoms with E-state index in [4.69, 9.17) is 0 Å². The topological polar surface area (TPSA) is 63.1 Å². The number of nitrogens with zero attached hydrogens (tertiary/aromatic N) is 4. The number of carbonyl (C=O) groups excluding carboxylic acids is 1. The molecule has 0 radical (unpaired) electrons. The monoisotopic (exact) mass is 279 g/mol. The lowest BCUT2D eigenvalue weighted by Gasteiger charge is -2.37. The Balaban J connectivity index is 2.07. The maximum atomic E-state index is 12.6. The van der Waals surface area contributed by atoms with Gasteiger partial charge in [-0.2, -0.15) is 0 Å². The third-order valence-corrected chi connectivity index (χ3v) is 3.97. The van der Waals surface area contributed by atoms with E-state index in [0.29, 0.717) is 0 Å². The van der Waals surface area contributed by atoms with Gasteiger partial charge in [0, 0.05) is 26.1 Å². The summed E-state index contributed by atoms with van der Waals surface area (Å²) in [7, 11) is 1.96. The van der Waals surface area contributed by atoms with E-state index in [1.165, 1.54) is 0 Å². The van der Waals surface area contributed by atoms with Crippen LogP contribution in [-0.4, -0.2) is 50.7 Å². The molecule has 20 heavy (non-hydrogen) atoms. The number of aromatic nitrogens is 3. The van der Waals surface area contributed by atoms with Gasteiger partial charge in [0.05, 0.1) is 5.54 Å². The molecule has 1 atom stereocenters. The summed E-state index contributed by atoms with van der Waals surface area (Å²) in [4.78, 5) is 14.6. The van der Waals surface area contributed by atoms with E-state index in [1.807, 2.05) is 37.3 Å². The smallest absolute Gasteiger partial charge is 0.242 e. The summed E-state index contributed by atoms with van der Waals surface area (Å²) in [5.41, 5.74) is -0.503. The maximum Gasteiger partial charge on any atom is 0.242 e. The fraction of sp³-hybridized carbons (Fsp3) is 0.786. The Bertz CT molecular complexity index is 468. The number of likely N-dealkylation sites (tertiary alicyclic amines) is 1. The van der Waals surface area contributed by atoms with Gasteiger partial charge in [0.25, 0.3) is 0 Å². The molecule has 1 amide bonds. The van der Waals surface area contributed by atoms with Crippen molar-refractivity contribution in [1.82, 2.24) is 25.0 Å². The molecule has 0 bridgehead atoms. The molecule has 1 aliphatic heterocycles. The summed E-state index contributed by atoms with van der Waals surface area (Å²) in [5, 5.41) is 11.4. The van der Waals surface area contributed by atoms with Crippen LogP contribution < -0.4 is 5.32 Å². The highest BCUT2D eigenvalue weighted by molar-refractivity contribution is 5.85. The third kappa shape index (κ3) is 3.00. The van der Waals surface area contributed by atoms with Gasteiger partial charge in [-0.05, 0) is 33.2 Å². The molecule has 2 rings (SSSR count). The zero-order chi connectivity index (χ0) is 14.8. The Morgan fingerprint density at radius 2 is 2.30 bits per heavy atom. The molecule has 112 valence electrons. The third-order valence-electron chi connectivity index (χ3n) is 3.97. The van der Waals surface area contributed by atoms with E-state index in [2.05, 4.69) is 15.5 Å². The number of likely N-dealkylation sites (N-methyl/N-ethyl adjacent to an activating group) is 1. The highest BCUT2D eigenvalue weighted by Crippen LogP contribution is 2.26. The summed E-state index contributed by atoms with van der Waals surface area (Å²) < 4.78 is 1.95. The van der Waals surface area contributed by atoms with Crippen LogP contribution in [0.15, 0.2) is 6.33 Å². The van der Waals surface area contributed by atoms with Gasteiger partial charge in [0.2, 0.25) is 5.91 Å². The molecule has 2 heterocycles. The first-order chi connectivity index (χ1) is 9.45. The molecular weight excluding hydrogens is 254 g/mol. The number of piperidine rings is 1. The Labute approximate surface area is 120 Å². The van der Waals surface area contributed by atoms with Crippen molar-refractivity contribution in [3.8, 4) is 0 Å². The van der Waals surface area contributed by atoms with Crippen LogP contribution in [0.4, 0.5) is 0 Å². The summed E-state index contributed by atoms with van der Waals surface area (Å²) in [6.07, 6.45) is 3.81. The summed E-state index contributed by atoms with van der Waals surface area (Å²) in [6, 6.07) is 0. The second kappa shape index (κ2) is 5.91. The lowest BCUT2D eigenvalue weighted by Crippen LogP contribution is -2.55. The van der Waals surface area contributed by atoms with Crippen molar-refractivity contribution in [3.05, 3.63) is 12.2 Å². The first kappa shape index (κ1) is 15.0. The maximum absolute atomic E-state index is 12.6. The van der Waals surface area contributed by atoms with Gasteiger partial charge in [0.15, 0.2) is 0 Å². The molecule has 1 aromatic heterocycles. The highest BCUT2D eigenvalue weighted by Gasteiger charge is 2.35. The lowest BCUT2D eigenvalue weighted by molar-refractivity contribution is -0.138. The van der Waals surface area contributed by atoms with Crippen LogP contribution in [0, 0.1) is 0 Å². The van der Waals surface area contributed by atoms with Crippen LogP contribution in [0.1, 0.15) is 45.4 Å². The van der Waals surface area contributed by atoms with Crippen LogP contribution in [0.2, 0.25) is 0 Å². The average molecular weight is 279 g/mol. The van der Waals surface area contributed by atoms with Crippen LogP contribution in [0.5, 0.6) is 0 Å². The van der Waals surface area contributed by atoms with E-state index >= 15 is 0 Å². The molecule has 6 nitrogen and oxygen atoms in total. The van der Waals surface area contributed by atoms with E-state index in [9.17, 15) is 4.79 Å². The average Bonchev–Trinajstić information content (AvgIpc) is 2.84. The number of nitrogens with one attached hydrogen (secondary N) is 1. The fourth-order valence-corrected chi connectivity index (χ4v) is 2.95. The molecule has 0 spiro atoms. The van der Waals surface area contributed by atoms with Crippen molar-refractivity contribution in [2.45, 2.75) is 45.1 Å². The molecule has 0 aromatic carbocycles. The second-order valence-corrected chi connectivity index (χ2v) is 6.05. The summed E-state index contributed by atoms with van der Waals surface area (Å²) >= 11 is 0. The standard InChI is InChI=1S/C14H25N5O/c1-5-15-14(2,3)13(20)19-8-6-7-11(9-19)12-17-16-10-18(12)4/h10-11,15H,5-9H2,1-4H3. The Morgan fingerprint density at radius 3 is 2.90 bits per heavy atom. The molecule has 1 unspecified atom stereocenters. The van der Waals surface area contributed by atoms with E-state index in [0.717, 1.165) is 38.3 Å². The largest absolute Gasteiger partial charge is 0.340 e. The number of hydrogen-bond acceptors (Lipinski definition) is 4. The molecule has 6 heteroatoms. The van der Waals surface area contributed by atoms with Crippen molar-refractivity contribution in [2.75, 3.05) is 19.6 Å². The van der Waals surface area contributed by atoms with Crippen LogP contribution in [-0.2, 0) is 11.8 Å². The number of hydrogen-bond donors (Lipinski definition) is 1. The zero-order valence-electron chi connectivity index (χ0n) is 12.9. The normalized spacial score (nSPS) is 20.2. The number of carbonyl (C=O) groups is 1. The van der Waals surface area contributed by atoms with E-state index < -0.39 is 5.54 Å². The van der Waals surface area contributed by atoms with Gasteiger partial charge in [-0.15, -0.1) is 10.2 Å². The van der Waals surface area contributed by atoms with Crippen LogP contribution in [0.25, 0.3) is 0 Å². The first-order valence-corrected chi connectivity index (χ1v) is 7.34. The van der Waals surface area contributed by atoms with Crippen molar-refractivity contribution in [2.24, 2.45) is 7.05 Å². The molecule has 0 saturated carbocycles. The predicted octanol–water partition coefficient (Wildman–Crippen LogP) is 0.909. The minimum absolute atomic E-state index is 0.172. The molecule has 1 aliphatic rings. The van der Waals surface area contributed by atoms with Gasteiger partial charge < -0.3 is 14.8 Å². The number of aryl methyl sites for hydroxylation is 1. The molecule has 1 aromatic rings. The van der Waals surface area contributed by atoms with Gasteiger partial charge in [-0.3, -0.25) is 4.79 Å². The summed E-state index contributed by atoms with van der Waals surface area (Å²) in [6.45, 7) is 8.28. The van der Waals surface area contributed by atoms with Crippen molar-refractivity contribution >= 4 is 5.91 Å². The lowest BCUT2D eigenvalue weighted by atomic mass is 9.94. The Morgan fingerprint density at radius 1 is 1.55 bits per heavy atom. The molecule has 0 aliphatic carbocycles. The van der Waals surface area contributed by atoms with E-state index in [-0.39, 0.29) is 11.8 Å². The van der Waals surface area contributed by atoms with Crippen LogP contribution >= 0.6 is 0 Å².